The molecule has 39 heavy (non-hydrogen) atoms. The van der Waals surface area contributed by atoms with Crippen molar-refractivity contribution in [3.63, 3.8) is 0 Å². The fraction of sp³-hybridized carbons (Fsp3) is 0.103. The number of hydrogen-bond acceptors (Lipinski definition) is 8. The summed E-state index contributed by atoms with van der Waals surface area (Å²) in [7, 11) is 1.55. The van der Waals surface area contributed by atoms with Crippen LogP contribution in [-0.4, -0.2) is 34.1 Å². The Hall–Kier alpha value is -3.92. The third-order valence-electron chi connectivity index (χ3n) is 6.04. The monoisotopic (exact) mass is 575 g/mol. The molecule has 1 unspecified atom stereocenters. The highest BCUT2D eigenvalue weighted by Gasteiger charge is 2.45. The van der Waals surface area contributed by atoms with Crippen LogP contribution in [-0.2, 0) is 15.3 Å². The van der Waals surface area contributed by atoms with E-state index in [1.807, 2.05) is 54.6 Å². The number of anilines is 1. The highest BCUT2D eigenvalue weighted by molar-refractivity contribution is 8.00. The summed E-state index contributed by atoms with van der Waals surface area (Å²) in [6.45, 7) is 0. The Morgan fingerprint density at radius 1 is 1.08 bits per heavy atom. The van der Waals surface area contributed by atoms with Crippen LogP contribution in [0.25, 0.3) is 6.08 Å². The van der Waals surface area contributed by atoms with E-state index in [1.54, 1.807) is 37.5 Å². The number of nitrogens with zero attached hydrogens (tertiary/aromatic N) is 3. The fourth-order valence-corrected chi connectivity index (χ4v) is 6.25. The lowest BCUT2D eigenvalue weighted by Gasteiger charge is -2.23. The number of aromatic nitrogens is 2. The lowest BCUT2D eigenvalue weighted by atomic mass is 9.95. The smallest absolute Gasteiger partial charge is 0.296 e. The topological polar surface area (TPSA) is 92.6 Å². The van der Waals surface area contributed by atoms with Crippen molar-refractivity contribution in [1.82, 2.24) is 10.2 Å². The number of ketones is 1. The average molecular weight is 576 g/mol. The molecular formula is C29H22ClN3O4S2. The summed E-state index contributed by atoms with van der Waals surface area (Å²) in [5, 5.41) is 20.3. The molecule has 0 bridgehead atoms. The van der Waals surface area contributed by atoms with Gasteiger partial charge >= 0.3 is 0 Å². The number of hydrogen-bond donors (Lipinski definition) is 1. The molecule has 1 aliphatic rings. The minimum Gasteiger partial charge on any atom is -0.503 e. The Morgan fingerprint density at radius 2 is 1.79 bits per heavy atom. The van der Waals surface area contributed by atoms with Crippen LogP contribution >= 0.6 is 34.7 Å². The lowest BCUT2D eigenvalue weighted by Crippen LogP contribution is -2.30. The summed E-state index contributed by atoms with van der Waals surface area (Å²) in [5.41, 5.74) is 2.35. The third-order valence-corrected chi connectivity index (χ3v) is 8.52. The second-order valence-electron chi connectivity index (χ2n) is 8.45. The molecule has 0 saturated carbocycles. The number of halogens is 1. The van der Waals surface area contributed by atoms with Gasteiger partial charge in [0.1, 0.15) is 5.75 Å². The third kappa shape index (κ3) is 5.75. The molecule has 1 N–H and O–H groups in total. The SMILES string of the molecule is COc1ccc(C2C(C(=O)/C=C/c3ccccc3)=C(O)C(=O)N2c2nnc(SCc3ccccc3Cl)s2)cc1. The highest BCUT2D eigenvalue weighted by atomic mass is 35.5. The standard InChI is InChI=1S/C29H22ClN3O4S2/c1-37-21-14-12-19(13-15-21)25-24(23(34)16-11-18-7-3-2-4-8-18)26(35)27(36)33(25)28-31-32-29(39-28)38-17-20-9-5-6-10-22(20)30/h2-16,25,35H,17H2,1H3/b16-11+. The molecular weight excluding hydrogens is 554 g/mol. The van der Waals surface area contributed by atoms with Crippen molar-refractivity contribution < 1.29 is 19.4 Å². The van der Waals surface area contributed by atoms with Crippen molar-refractivity contribution >= 4 is 57.6 Å². The van der Waals surface area contributed by atoms with Gasteiger partial charge in [0, 0.05) is 10.8 Å². The number of methoxy groups -OCH3 is 1. The minimum absolute atomic E-state index is 0.0298. The fourth-order valence-electron chi connectivity index (χ4n) is 4.09. The van der Waals surface area contributed by atoms with Gasteiger partial charge in [-0.2, -0.15) is 0 Å². The zero-order chi connectivity index (χ0) is 27.4. The molecule has 0 fully saturated rings. The zero-order valence-corrected chi connectivity index (χ0v) is 23.0. The number of benzene rings is 3. The second-order valence-corrected chi connectivity index (χ2v) is 11.0. The Bertz CT molecular complexity index is 1570. The van der Waals surface area contributed by atoms with E-state index in [9.17, 15) is 14.7 Å². The van der Waals surface area contributed by atoms with Crippen molar-refractivity contribution in [2.75, 3.05) is 12.0 Å². The lowest BCUT2D eigenvalue weighted by molar-refractivity contribution is -0.117. The molecule has 1 atom stereocenters. The van der Waals surface area contributed by atoms with Crippen molar-refractivity contribution in [3.05, 3.63) is 118 Å². The van der Waals surface area contributed by atoms with Gasteiger partial charge < -0.3 is 9.84 Å². The van der Waals surface area contributed by atoms with Crippen LogP contribution in [0.3, 0.4) is 0 Å². The van der Waals surface area contributed by atoms with Crippen molar-refractivity contribution in [1.29, 1.82) is 0 Å². The van der Waals surface area contributed by atoms with Gasteiger partial charge in [0.2, 0.25) is 5.13 Å². The Balaban J connectivity index is 1.47. The van der Waals surface area contributed by atoms with Crippen LogP contribution in [0.1, 0.15) is 22.7 Å². The van der Waals surface area contributed by atoms with E-state index < -0.39 is 23.5 Å². The molecule has 0 saturated heterocycles. The van der Waals surface area contributed by atoms with Gasteiger partial charge in [-0.25, -0.2) is 0 Å². The second kappa shape index (κ2) is 11.9. The zero-order valence-electron chi connectivity index (χ0n) is 20.7. The van der Waals surface area contributed by atoms with Gasteiger partial charge in [-0.1, -0.05) is 101 Å². The normalized spacial score (nSPS) is 15.4. The highest BCUT2D eigenvalue weighted by Crippen LogP contribution is 2.43. The van der Waals surface area contributed by atoms with Crippen LogP contribution in [0, 0.1) is 0 Å². The first-order valence-corrected chi connectivity index (χ1v) is 14.0. The van der Waals surface area contributed by atoms with Crippen LogP contribution in [0.15, 0.2) is 101 Å². The number of rotatable bonds is 9. The first-order valence-electron chi connectivity index (χ1n) is 11.8. The van der Waals surface area contributed by atoms with Crippen LogP contribution in [0.4, 0.5) is 5.13 Å². The number of aliphatic hydroxyl groups is 1. The molecule has 1 amide bonds. The van der Waals surface area contributed by atoms with Gasteiger partial charge in [0.25, 0.3) is 5.91 Å². The molecule has 0 spiro atoms. The Labute approximate surface area is 238 Å². The largest absolute Gasteiger partial charge is 0.503 e. The van der Waals surface area contributed by atoms with Gasteiger partial charge in [-0.15, -0.1) is 10.2 Å². The van der Waals surface area contributed by atoms with E-state index >= 15 is 0 Å². The van der Waals surface area contributed by atoms with E-state index in [4.69, 9.17) is 16.3 Å². The maximum Gasteiger partial charge on any atom is 0.296 e. The molecule has 3 aromatic carbocycles. The van der Waals surface area contributed by atoms with Crippen LogP contribution in [0.5, 0.6) is 5.75 Å². The number of allylic oxidation sites excluding steroid dienone is 1. The average Bonchev–Trinajstić information content (AvgIpc) is 3.53. The van der Waals surface area contributed by atoms with Gasteiger partial charge in [-0.3, -0.25) is 14.5 Å². The molecule has 10 heteroatoms. The predicted molar refractivity (Wildman–Crippen MR) is 154 cm³/mol. The summed E-state index contributed by atoms with van der Waals surface area (Å²) in [6.07, 6.45) is 3.01. The molecule has 196 valence electrons. The Morgan fingerprint density at radius 3 is 2.51 bits per heavy atom. The number of amides is 1. The summed E-state index contributed by atoms with van der Waals surface area (Å²) < 4.78 is 5.89. The molecule has 1 aromatic heterocycles. The first-order chi connectivity index (χ1) is 19.0. The number of ether oxygens (including phenoxy) is 1. The van der Waals surface area contributed by atoms with Crippen molar-refractivity contribution in [2.45, 2.75) is 16.1 Å². The van der Waals surface area contributed by atoms with Crippen molar-refractivity contribution in [3.8, 4) is 5.75 Å². The molecule has 2 heterocycles. The summed E-state index contributed by atoms with van der Waals surface area (Å²) >= 11 is 8.91. The van der Waals surface area contributed by atoms with E-state index in [0.29, 0.717) is 26.4 Å². The molecule has 7 nitrogen and oxygen atoms in total. The summed E-state index contributed by atoms with van der Waals surface area (Å²) in [4.78, 5) is 28.1. The first kappa shape index (κ1) is 26.7. The van der Waals surface area contributed by atoms with Crippen LogP contribution < -0.4 is 9.64 Å². The molecule has 5 rings (SSSR count). The van der Waals surface area contributed by atoms with Gasteiger partial charge in [0.05, 0.1) is 18.7 Å². The van der Waals surface area contributed by atoms with E-state index in [1.165, 1.54) is 34.1 Å². The van der Waals surface area contributed by atoms with Gasteiger partial charge in [0.15, 0.2) is 15.9 Å². The maximum absolute atomic E-state index is 13.4. The summed E-state index contributed by atoms with van der Waals surface area (Å²) in [5.74, 6) is -0.619. The van der Waals surface area contributed by atoms with E-state index in [-0.39, 0.29) is 10.7 Å². The quantitative estimate of drug-likeness (QED) is 0.135. The van der Waals surface area contributed by atoms with E-state index in [0.717, 1.165) is 11.1 Å². The molecule has 4 aromatic rings. The number of carbonyl (C=O) groups is 2. The van der Waals surface area contributed by atoms with Gasteiger partial charge in [-0.05, 0) is 41.0 Å². The van der Waals surface area contributed by atoms with Crippen molar-refractivity contribution in [2.24, 2.45) is 0 Å². The molecule has 1 aliphatic heterocycles. The number of carbonyl (C=O) groups excluding carboxylic acids is 2. The van der Waals surface area contributed by atoms with Crippen LogP contribution in [0.2, 0.25) is 5.02 Å². The minimum atomic E-state index is -0.898. The molecule has 0 radical (unpaired) electrons. The molecule has 0 aliphatic carbocycles. The predicted octanol–water partition coefficient (Wildman–Crippen LogP) is 6.67. The number of aliphatic hydroxyl groups excluding tert-OH is 1. The van der Waals surface area contributed by atoms with E-state index in [2.05, 4.69) is 10.2 Å². The summed E-state index contributed by atoms with van der Waals surface area (Å²) in [6, 6.07) is 22.9. The Kier molecular flexibility index (Phi) is 8.11. The maximum atomic E-state index is 13.4. The number of thioether (sulfide) groups is 1.